The van der Waals surface area contributed by atoms with Crippen molar-refractivity contribution in [2.45, 2.75) is 119 Å². The first-order chi connectivity index (χ1) is 21.0. The van der Waals surface area contributed by atoms with Gasteiger partial charge in [0.15, 0.2) is 0 Å². The minimum Gasteiger partial charge on any atom is -0.493 e. The molecule has 2 N–H and O–H groups in total. The van der Waals surface area contributed by atoms with Crippen molar-refractivity contribution >= 4 is 23.2 Å². The number of nitrogens with one attached hydrogen (secondary N) is 1. The van der Waals surface area contributed by atoms with E-state index in [2.05, 4.69) is 43.2 Å². The lowest BCUT2D eigenvalue weighted by Crippen LogP contribution is -2.39. The molecule has 2 aromatic rings. The Balaban J connectivity index is 2.47. The SMILES string of the molecule is CCCCC(CC)CN(CC(CC)CCCC)C(=O)c1cccc(/N=N/c2c(C)c(C(=O)NC(C)C)c(=O)n(CC)c2O)c1. The Bertz CT molecular complexity index is 1300. The van der Waals surface area contributed by atoms with Crippen LogP contribution in [0, 0.1) is 18.8 Å². The lowest BCUT2D eigenvalue weighted by molar-refractivity contribution is 0.0684. The van der Waals surface area contributed by atoms with E-state index in [-0.39, 0.29) is 41.2 Å². The first kappa shape index (κ1) is 36.7. The maximum absolute atomic E-state index is 14.0. The Hall–Kier alpha value is -3.49. The molecule has 0 aliphatic carbocycles. The van der Waals surface area contributed by atoms with Crippen LogP contribution >= 0.6 is 0 Å². The van der Waals surface area contributed by atoms with Gasteiger partial charge in [-0.1, -0.05) is 72.3 Å². The van der Waals surface area contributed by atoms with Gasteiger partial charge in [0, 0.05) is 36.8 Å². The number of rotatable bonds is 18. The molecule has 0 aliphatic rings. The second kappa shape index (κ2) is 18.3. The number of hydrogen-bond acceptors (Lipinski definition) is 6. The van der Waals surface area contributed by atoms with Gasteiger partial charge in [-0.25, -0.2) is 0 Å². The highest BCUT2D eigenvalue weighted by atomic mass is 16.3. The Morgan fingerprint density at radius 2 is 1.55 bits per heavy atom. The van der Waals surface area contributed by atoms with Crippen molar-refractivity contribution < 1.29 is 14.7 Å². The van der Waals surface area contributed by atoms with Gasteiger partial charge in [0.25, 0.3) is 17.4 Å². The van der Waals surface area contributed by atoms with Crippen LogP contribution in [0.2, 0.25) is 0 Å². The van der Waals surface area contributed by atoms with Gasteiger partial charge in [-0.15, -0.1) is 5.11 Å². The van der Waals surface area contributed by atoms with Crippen LogP contribution in [0.5, 0.6) is 5.88 Å². The molecule has 244 valence electrons. The first-order valence-electron chi connectivity index (χ1n) is 16.6. The lowest BCUT2D eigenvalue weighted by atomic mass is 9.95. The minimum atomic E-state index is -0.582. The number of nitrogens with zero attached hydrogens (tertiary/aromatic N) is 4. The van der Waals surface area contributed by atoms with E-state index in [4.69, 9.17) is 0 Å². The molecule has 2 amide bonds. The van der Waals surface area contributed by atoms with Gasteiger partial charge < -0.3 is 15.3 Å². The molecule has 1 aromatic heterocycles. The number of carbonyl (C=O) groups excluding carboxylic acids is 2. The average Bonchev–Trinajstić information content (AvgIpc) is 2.99. The van der Waals surface area contributed by atoms with Gasteiger partial charge in [0.05, 0.1) is 5.69 Å². The summed E-state index contributed by atoms with van der Waals surface area (Å²) in [5.74, 6) is 0.00901. The molecule has 0 aliphatic heterocycles. The summed E-state index contributed by atoms with van der Waals surface area (Å²) in [5.41, 5.74) is 0.603. The topological polar surface area (TPSA) is 116 Å². The molecule has 0 saturated carbocycles. The molecule has 1 aromatic carbocycles. The van der Waals surface area contributed by atoms with E-state index in [0.29, 0.717) is 23.1 Å². The first-order valence-corrected chi connectivity index (χ1v) is 16.6. The number of benzene rings is 1. The van der Waals surface area contributed by atoms with Gasteiger partial charge in [-0.05, 0) is 70.6 Å². The van der Waals surface area contributed by atoms with Crippen molar-refractivity contribution in [3.05, 3.63) is 51.3 Å². The smallest absolute Gasteiger partial charge is 0.266 e. The fraction of sp³-hybridized carbons (Fsp3) is 0.629. The van der Waals surface area contributed by atoms with Crippen molar-refractivity contribution in [1.82, 2.24) is 14.8 Å². The Morgan fingerprint density at radius 1 is 0.955 bits per heavy atom. The van der Waals surface area contributed by atoms with Crippen molar-refractivity contribution in [3.63, 3.8) is 0 Å². The van der Waals surface area contributed by atoms with Crippen LogP contribution in [-0.2, 0) is 6.54 Å². The van der Waals surface area contributed by atoms with E-state index in [0.717, 1.165) is 69.0 Å². The van der Waals surface area contributed by atoms with Crippen LogP contribution in [-0.4, -0.2) is 45.5 Å². The number of hydrogen-bond donors (Lipinski definition) is 2. The predicted octanol–water partition coefficient (Wildman–Crippen LogP) is 8.31. The molecular formula is C35H55N5O4. The molecule has 9 heteroatoms. The van der Waals surface area contributed by atoms with E-state index in [1.165, 1.54) is 0 Å². The monoisotopic (exact) mass is 609 g/mol. The van der Waals surface area contributed by atoms with Gasteiger partial charge in [-0.2, -0.15) is 5.11 Å². The largest absolute Gasteiger partial charge is 0.493 e. The van der Waals surface area contributed by atoms with Crippen LogP contribution in [0.1, 0.15) is 126 Å². The third-order valence-electron chi connectivity index (χ3n) is 8.31. The van der Waals surface area contributed by atoms with Crippen LogP contribution in [0.25, 0.3) is 0 Å². The van der Waals surface area contributed by atoms with Gasteiger partial charge in [0.2, 0.25) is 5.88 Å². The van der Waals surface area contributed by atoms with Crippen molar-refractivity contribution in [2.75, 3.05) is 13.1 Å². The summed E-state index contributed by atoms with van der Waals surface area (Å²) in [6.45, 7) is 17.3. The summed E-state index contributed by atoms with van der Waals surface area (Å²) in [5, 5.41) is 22.3. The van der Waals surface area contributed by atoms with Crippen LogP contribution < -0.4 is 10.9 Å². The number of azo groups is 1. The average molecular weight is 610 g/mol. The summed E-state index contributed by atoms with van der Waals surface area (Å²) >= 11 is 0. The summed E-state index contributed by atoms with van der Waals surface area (Å²) in [4.78, 5) is 41.9. The lowest BCUT2D eigenvalue weighted by Gasteiger charge is -2.31. The molecule has 0 radical (unpaired) electrons. The highest BCUT2D eigenvalue weighted by Crippen LogP contribution is 2.33. The maximum atomic E-state index is 14.0. The Kier molecular flexibility index (Phi) is 15.3. The molecule has 2 atom stereocenters. The van der Waals surface area contributed by atoms with Crippen molar-refractivity contribution in [1.29, 1.82) is 0 Å². The minimum absolute atomic E-state index is 0.0156. The Morgan fingerprint density at radius 3 is 2.05 bits per heavy atom. The zero-order valence-electron chi connectivity index (χ0n) is 28.3. The molecule has 9 nitrogen and oxygen atoms in total. The van der Waals surface area contributed by atoms with Crippen LogP contribution in [0.4, 0.5) is 11.4 Å². The fourth-order valence-corrected chi connectivity index (χ4v) is 5.51. The highest BCUT2D eigenvalue weighted by molar-refractivity contribution is 5.97. The molecule has 0 fully saturated rings. The molecule has 44 heavy (non-hydrogen) atoms. The number of carbonyl (C=O) groups is 2. The van der Waals surface area contributed by atoms with E-state index < -0.39 is 11.5 Å². The number of aromatic hydroxyl groups is 1. The van der Waals surface area contributed by atoms with Gasteiger partial charge >= 0.3 is 0 Å². The van der Waals surface area contributed by atoms with Crippen molar-refractivity contribution in [3.8, 4) is 5.88 Å². The van der Waals surface area contributed by atoms with E-state index >= 15 is 0 Å². The summed E-state index contributed by atoms with van der Waals surface area (Å²) < 4.78 is 1.11. The molecular weight excluding hydrogens is 554 g/mol. The third-order valence-corrected chi connectivity index (χ3v) is 8.31. The fourth-order valence-electron chi connectivity index (χ4n) is 5.51. The maximum Gasteiger partial charge on any atom is 0.266 e. The van der Waals surface area contributed by atoms with E-state index in [1.807, 2.05) is 24.8 Å². The molecule has 1 heterocycles. The number of amides is 2. The van der Waals surface area contributed by atoms with E-state index in [9.17, 15) is 19.5 Å². The van der Waals surface area contributed by atoms with Crippen LogP contribution in [0.15, 0.2) is 39.3 Å². The molecule has 2 unspecified atom stereocenters. The second-order valence-corrected chi connectivity index (χ2v) is 12.1. The highest BCUT2D eigenvalue weighted by Gasteiger charge is 2.25. The third kappa shape index (κ3) is 10.0. The molecule has 0 spiro atoms. The summed E-state index contributed by atoms with van der Waals surface area (Å²) in [6, 6.07) is 6.87. The molecule has 0 saturated heterocycles. The van der Waals surface area contributed by atoms with Gasteiger partial charge in [0.1, 0.15) is 11.3 Å². The molecule has 0 bridgehead atoms. The molecule has 2 rings (SSSR count). The number of unbranched alkanes of at least 4 members (excludes halogenated alkanes) is 2. The summed E-state index contributed by atoms with van der Waals surface area (Å²) in [7, 11) is 0. The van der Waals surface area contributed by atoms with Crippen LogP contribution in [0.3, 0.4) is 0 Å². The normalized spacial score (nSPS) is 12.9. The van der Waals surface area contributed by atoms with E-state index in [1.54, 1.807) is 32.0 Å². The summed E-state index contributed by atoms with van der Waals surface area (Å²) in [6.07, 6.45) is 8.87. The zero-order valence-corrected chi connectivity index (χ0v) is 28.3. The quantitative estimate of drug-likeness (QED) is 0.165. The predicted molar refractivity (Wildman–Crippen MR) is 179 cm³/mol. The second-order valence-electron chi connectivity index (χ2n) is 12.1. The Labute approximate surface area is 264 Å². The zero-order chi connectivity index (χ0) is 32.8. The standard InChI is InChI=1S/C35H55N5O4/c1-9-14-17-26(11-3)22-39(23-27(12-4)18-15-10-2)33(42)28-19-16-20-29(21-28)37-38-31-25(8)30(32(41)36-24(6)7)34(43)40(13-5)35(31)44/h16,19-21,24,26-27,44H,9-15,17-18,22-23H2,1-8H3,(H,36,41)/b38-37+. The van der Waals surface area contributed by atoms with Crippen molar-refractivity contribution in [2.24, 2.45) is 22.1 Å². The van der Waals surface area contributed by atoms with Gasteiger partial charge in [-0.3, -0.25) is 19.0 Å². The number of aromatic nitrogens is 1. The number of pyridine rings is 1.